The lowest BCUT2D eigenvalue weighted by atomic mass is 9.45. The number of amides is 1. The molecule has 6 nitrogen and oxygen atoms in total. The van der Waals surface area contributed by atoms with Crippen LogP contribution in [0, 0.1) is 40.4 Å². The quantitative estimate of drug-likeness (QED) is 0.461. The van der Waals surface area contributed by atoms with Gasteiger partial charge in [0.1, 0.15) is 0 Å². The van der Waals surface area contributed by atoms with Gasteiger partial charge in [-0.25, -0.2) is 4.79 Å². The largest absolute Gasteiger partial charge is 0.478 e. The Hall–Kier alpha value is -1.92. The summed E-state index contributed by atoms with van der Waals surface area (Å²) >= 11 is 0. The highest BCUT2D eigenvalue weighted by Crippen LogP contribution is 2.66. The molecule has 0 bridgehead atoms. The molecule has 6 heteroatoms. The number of aromatic carboxylic acids is 1. The van der Waals surface area contributed by atoms with Crippen LogP contribution in [0.15, 0.2) is 24.3 Å². The molecule has 4 aliphatic rings. The molecular weight excluding hydrogens is 440 g/mol. The minimum atomic E-state index is -0.967. The van der Waals surface area contributed by atoms with Crippen LogP contribution >= 0.6 is 0 Å². The van der Waals surface area contributed by atoms with Crippen molar-refractivity contribution in [3.05, 3.63) is 29.8 Å². The van der Waals surface area contributed by atoms with Crippen molar-refractivity contribution < 1.29 is 19.8 Å². The zero-order valence-corrected chi connectivity index (χ0v) is 21.3. The summed E-state index contributed by atoms with van der Waals surface area (Å²) in [5.74, 6) is 1.95. The Morgan fingerprint density at radius 2 is 1.80 bits per heavy atom. The van der Waals surface area contributed by atoms with Crippen LogP contribution in [0.3, 0.4) is 0 Å². The van der Waals surface area contributed by atoms with E-state index >= 15 is 0 Å². The van der Waals surface area contributed by atoms with E-state index in [1.165, 1.54) is 44.2 Å². The van der Waals surface area contributed by atoms with E-state index in [1.54, 1.807) is 12.1 Å². The lowest BCUT2D eigenvalue weighted by Gasteiger charge is -2.62. The zero-order chi connectivity index (χ0) is 24.8. The van der Waals surface area contributed by atoms with Crippen LogP contribution in [0.4, 0.5) is 5.69 Å². The smallest absolute Gasteiger partial charge is 0.335 e. The molecule has 1 aliphatic heterocycles. The van der Waals surface area contributed by atoms with Crippen LogP contribution in [0.1, 0.15) is 82.0 Å². The first-order valence-corrected chi connectivity index (χ1v) is 13.7. The predicted molar refractivity (Wildman–Crippen MR) is 136 cm³/mol. The SMILES string of the molecule is CC12CCC3C(C1CCC2CCCC(=O)Nc1ccc(C(=O)O)cc1)[C@@H](O)CC1CNCCC13C. The average molecular weight is 483 g/mol. The predicted octanol–water partition coefficient (Wildman–Crippen LogP) is 4.93. The van der Waals surface area contributed by atoms with Crippen LogP contribution in [0.2, 0.25) is 0 Å². The van der Waals surface area contributed by atoms with Gasteiger partial charge >= 0.3 is 5.97 Å². The van der Waals surface area contributed by atoms with E-state index in [-0.39, 0.29) is 23.0 Å². The number of hydrogen-bond donors (Lipinski definition) is 4. The summed E-state index contributed by atoms with van der Waals surface area (Å²) in [6, 6.07) is 6.32. The summed E-state index contributed by atoms with van der Waals surface area (Å²) < 4.78 is 0. The summed E-state index contributed by atoms with van der Waals surface area (Å²) in [6.07, 6.45) is 9.39. The molecule has 4 N–H and O–H groups in total. The summed E-state index contributed by atoms with van der Waals surface area (Å²) in [7, 11) is 0. The number of aliphatic hydroxyl groups is 1. The number of benzene rings is 1. The molecule has 4 fully saturated rings. The molecule has 0 radical (unpaired) electrons. The van der Waals surface area contributed by atoms with E-state index < -0.39 is 5.97 Å². The molecule has 35 heavy (non-hydrogen) atoms. The third-order valence-corrected chi connectivity index (χ3v) is 10.9. The Bertz CT molecular complexity index is 949. The van der Waals surface area contributed by atoms with E-state index in [0.29, 0.717) is 47.1 Å². The molecular formula is C29H42N2O4. The molecule has 1 amide bonds. The van der Waals surface area contributed by atoms with E-state index in [9.17, 15) is 14.7 Å². The van der Waals surface area contributed by atoms with Gasteiger partial charge in [-0.15, -0.1) is 0 Å². The number of carboxylic acid groups (broad SMARTS) is 1. The molecule has 1 aromatic carbocycles. The van der Waals surface area contributed by atoms with Crippen molar-refractivity contribution in [1.82, 2.24) is 5.32 Å². The van der Waals surface area contributed by atoms with Gasteiger partial charge < -0.3 is 20.8 Å². The number of hydrogen-bond acceptors (Lipinski definition) is 4. The van der Waals surface area contributed by atoms with Gasteiger partial charge in [0.2, 0.25) is 5.91 Å². The normalized spacial score (nSPS) is 40.3. The summed E-state index contributed by atoms with van der Waals surface area (Å²) in [4.78, 5) is 23.5. The number of anilines is 1. The van der Waals surface area contributed by atoms with Gasteiger partial charge in [0.15, 0.2) is 0 Å². The molecule has 3 aliphatic carbocycles. The second-order valence-electron chi connectivity index (χ2n) is 12.4. The number of rotatable bonds is 6. The first-order chi connectivity index (χ1) is 16.7. The van der Waals surface area contributed by atoms with Crippen LogP contribution in [0.5, 0.6) is 0 Å². The molecule has 0 spiro atoms. The Morgan fingerprint density at radius 1 is 1.06 bits per heavy atom. The Kier molecular flexibility index (Phi) is 6.73. The monoisotopic (exact) mass is 482 g/mol. The summed E-state index contributed by atoms with van der Waals surface area (Å²) in [5.41, 5.74) is 1.51. The molecule has 3 saturated carbocycles. The minimum Gasteiger partial charge on any atom is -0.478 e. The van der Waals surface area contributed by atoms with Crippen molar-refractivity contribution in [2.45, 2.75) is 77.7 Å². The first-order valence-electron chi connectivity index (χ1n) is 13.7. The van der Waals surface area contributed by atoms with E-state index in [1.807, 2.05) is 0 Å². The Labute approximate surface area is 209 Å². The second kappa shape index (κ2) is 9.51. The summed E-state index contributed by atoms with van der Waals surface area (Å²) in [6.45, 7) is 7.18. The van der Waals surface area contributed by atoms with Crippen molar-refractivity contribution in [3.63, 3.8) is 0 Å². The number of nitrogens with one attached hydrogen (secondary N) is 2. The maximum atomic E-state index is 12.5. The number of fused-ring (bicyclic) bond motifs is 5. The Balaban J connectivity index is 1.17. The minimum absolute atomic E-state index is 0.0101. The van der Waals surface area contributed by atoms with Crippen LogP contribution < -0.4 is 10.6 Å². The summed E-state index contributed by atoms with van der Waals surface area (Å²) in [5, 5.41) is 26.8. The van der Waals surface area contributed by atoms with Crippen molar-refractivity contribution in [2.75, 3.05) is 18.4 Å². The molecule has 0 aromatic heterocycles. The third kappa shape index (κ3) is 4.42. The fourth-order valence-electron chi connectivity index (χ4n) is 8.87. The highest BCUT2D eigenvalue weighted by molar-refractivity contribution is 5.92. The highest BCUT2D eigenvalue weighted by Gasteiger charge is 2.61. The fraction of sp³-hybridized carbons (Fsp3) is 0.724. The van der Waals surface area contributed by atoms with Gasteiger partial charge in [0.05, 0.1) is 11.7 Å². The number of carboxylic acids is 1. The van der Waals surface area contributed by atoms with Gasteiger partial charge in [-0.1, -0.05) is 13.8 Å². The zero-order valence-electron chi connectivity index (χ0n) is 21.3. The number of aliphatic hydroxyl groups excluding tert-OH is 1. The number of carbonyl (C=O) groups is 2. The van der Waals surface area contributed by atoms with E-state index in [4.69, 9.17) is 5.11 Å². The third-order valence-electron chi connectivity index (χ3n) is 10.9. The van der Waals surface area contributed by atoms with Crippen molar-refractivity contribution >= 4 is 17.6 Å². The molecule has 192 valence electrons. The lowest BCUT2D eigenvalue weighted by Crippen LogP contribution is -2.60. The van der Waals surface area contributed by atoms with Gasteiger partial charge in [0.25, 0.3) is 0 Å². The number of piperidine rings is 1. The van der Waals surface area contributed by atoms with Gasteiger partial charge in [-0.2, -0.15) is 0 Å². The van der Waals surface area contributed by atoms with Crippen molar-refractivity contribution in [1.29, 1.82) is 0 Å². The van der Waals surface area contributed by atoms with Crippen LogP contribution in [0.25, 0.3) is 0 Å². The molecule has 8 atom stereocenters. The van der Waals surface area contributed by atoms with Crippen LogP contribution in [-0.4, -0.2) is 41.3 Å². The Morgan fingerprint density at radius 3 is 2.54 bits per heavy atom. The van der Waals surface area contributed by atoms with Crippen LogP contribution in [-0.2, 0) is 4.79 Å². The molecule has 1 aromatic rings. The standard InChI is InChI=1S/C29H42N2O4/c1-28-13-12-23-26(24(32)16-20-17-30-15-14-29(20,23)2)22(28)11-8-19(28)4-3-5-25(33)31-21-9-6-18(7-10-21)27(34)35/h6-7,9-10,19-20,22-24,26,30,32H,3-5,8,11-17H2,1-2H3,(H,31,33)(H,34,35)/t19?,20?,22?,23?,24-,26?,28?,29?/m0/s1. The van der Waals surface area contributed by atoms with Crippen molar-refractivity contribution in [3.8, 4) is 0 Å². The van der Waals surface area contributed by atoms with E-state index in [2.05, 4.69) is 24.5 Å². The molecule has 1 heterocycles. The van der Waals surface area contributed by atoms with Gasteiger partial charge in [-0.05, 0) is 129 Å². The molecule has 1 saturated heterocycles. The maximum Gasteiger partial charge on any atom is 0.335 e. The van der Waals surface area contributed by atoms with E-state index in [0.717, 1.165) is 32.4 Å². The second-order valence-corrected chi connectivity index (χ2v) is 12.4. The lowest BCUT2D eigenvalue weighted by molar-refractivity contribution is -0.159. The fourth-order valence-corrected chi connectivity index (χ4v) is 8.87. The maximum absolute atomic E-state index is 12.5. The molecule has 7 unspecified atom stereocenters. The average Bonchev–Trinajstić information content (AvgIpc) is 3.16. The molecule has 5 rings (SSSR count). The van der Waals surface area contributed by atoms with Gasteiger partial charge in [-0.3, -0.25) is 4.79 Å². The first kappa shape index (κ1) is 24.8. The number of carbonyl (C=O) groups excluding carboxylic acids is 1. The highest BCUT2D eigenvalue weighted by atomic mass is 16.4. The topological polar surface area (TPSA) is 98.7 Å². The van der Waals surface area contributed by atoms with Crippen molar-refractivity contribution in [2.24, 2.45) is 40.4 Å². The van der Waals surface area contributed by atoms with Gasteiger partial charge in [0, 0.05) is 12.1 Å².